The van der Waals surface area contributed by atoms with Crippen molar-refractivity contribution in [2.24, 2.45) is 7.05 Å². The van der Waals surface area contributed by atoms with E-state index in [2.05, 4.69) is 22.9 Å². The molecule has 0 fully saturated rings. The van der Waals surface area contributed by atoms with Crippen molar-refractivity contribution in [2.75, 3.05) is 5.73 Å². The third-order valence-corrected chi connectivity index (χ3v) is 3.30. The summed E-state index contributed by atoms with van der Waals surface area (Å²) in [6, 6.07) is 0. The number of aromatic nitrogens is 4. The minimum Gasteiger partial charge on any atom is -0.383 e. The highest BCUT2D eigenvalue weighted by Crippen LogP contribution is 2.28. The SMILES string of the molecule is C#CCn1c(CCC)nc(-c2cnn(C)c2C)c1N. The first-order valence-electron chi connectivity index (χ1n) is 6.37. The molecule has 100 valence electrons. The van der Waals surface area contributed by atoms with E-state index >= 15 is 0 Å². The summed E-state index contributed by atoms with van der Waals surface area (Å²) in [5.41, 5.74) is 8.99. The van der Waals surface area contributed by atoms with Crippen molar-refractivity contribution in [3.8, 4) is 23.6 Å². The second kappa shape index (κ2) is 5.19. The maximum Gasteiger partial charge on any atom is 0.132 e. The molecule has 19 heavy (non-hydrogen) atoms. The van der Waals surface area contributed by atoms with Crippen LogP contribution in [0.3, 0.4) is 0 Å². The molecule has 2 aromatic heterocycles. The lowest BCUT2D eigenvalue weighted by Crippen LogP contribution is -2.06. The van der Waals surface area contributed by atoms with Crippen LogP contribution in [0.1, 0.15) is 24.9 Å². The van der Waals surface area contributed by atoms with E-state index in [1.165, 1.54) is 0 Å². The van der Waals surface area contributed by atoms with Gasteiger partial charge in [-0.05, 0) is 13.3 Å². The van der Waals surface area contributed by atoms with Gasteiger partial charge in [-0.2, -0.15) is 5.10 Å². The predicted molar refractivity (Wildman–Crippen MR) is 76.4 cm³/mol. The van der Waals surface area contributed by atoms with Gasteiger partial charge in [-0.25, -0.2) is 4.98 Å². The van der Waals surface area contributed by atoms with E-state index in [0.717, 1.165) is 35.6 Å². The standard InChI is InChI=1S/C14H19N5/c1-5-7-12-17-13(14(15)19(12)8-6-2)11-9-16-18(4)10(11)3/h2,9H,5,7-8,15H2,1,3-4H3. The van der Waals surface area contributed by atoms with Gasteiger partial charge in [-0.3, -0.25) is 4.68 Å². The van der Waals surface area contributed by atoms with Crippen molar-refractivity contribution in [1.82, 2.24) is 19.3 Å². The molecule has 0 aliphatic rings. The normalized spacial score (nSPS) is 10.6. The molecule has 0 saturated heterocycles. The van der Waals surface area contributed by atoms with Crippen LogP contribution in [-0.2, 0) is 20.0 Å². The zero-order chi connectivity index (χ0) is 14.0. The van der Waals surface area contributed by atoms with Gasteiger partial charge in [0.15, 0.2) is 0 Å². The van der Waals surface area contributed by atoms with Crippen LogP contribution in [-0.4, -0.2) is 19.3 Å². The van der Waals surface area contributed by atoms with Crippen molar-refractivity contribution < 1.29 is 0 Å². The Morgan fingerprint density at radius 1 is 1.47 bits per heavy atom. The number of hydrogen-bond acceptors (Lipinski definition) is 3. The predicted octanol–water partition coefficient (Wildman–Crippen LogP) is 1.76. The van der Waals surface area contributed by atoms with Gasteiger partial charge in [0.2, 0.25) is 0 Å². The van der Waals surface area contributed by atoms with Crippen LogP contribution in [0, 0.1) is 19.3 Å². The Bertz CT molecular complexity index is 627. The van der Waals surface area contributed by atoms with Crippen LogP contribution in [0.15, 0.2) is 6.20 Å². The summed E-state index contributed by atoms with van der Waals surface area (Å²) in [5, 5.41) is 4.24. The molecule has 0 bridgehead atoms. The number of anilines is 1. The Balaban J connectivity index is 2.56. The molecule has 5 nitrogen and oxygen atoms in total. The first-order chi connectivity index (χ1) is 9.10. The quantitative estimate of drug-likeness (QED) is 0.849. The molecule has 0 spiro atoms. The average Bonchev–Trinajstić information content (AvgIpc) is 2.86. The van der Waals surface area contributed by atoms with Gasteiger partial charge >= 0.3 is 0 Å². The molecule has 2 N–H and O–H groups in total. The van der Waals surface area contributed by atoms with Crippen molar-refractivity contribution in [3.05, 3.63) is 17.7 Å². The summed E-state index contributed by atoms with van der Waals surface area (Å²) in [7, 11) is 1.90. The molecule has 0 atom stereocenters. The Hall–Kier alpha value is -2.22. The van der Waals surface area contributed by atoms with E-state index < -0.39 is 0 Å². The van der Waals surface area contributed by atoms with E-state index in [9.17, 15) is 0 Å². The molecule has 0 saturated carbocycles. The summed E-state index contributed by atoms with van der Waals surface area (Å²) < 4.78 is 3.72. The molecule has 5 heteroatoms. The third-order valence-electron chi connectivity index (χ3n) is 3.30. The minimum atomic E-state index is 0.452. The summed E-state index contributed by atoms with van der Waals surface area (Å²) in [4.78, 5) is 4.65. The second-order valence-corrected chi connectivity index (χ2v) is 4.57. The number of hydrogen-bond donors (Lipinski definition) is 1. The van der Waals surface area contributed by atoms with Crippen LogP contribution in [0.2, 0.25) is 0 Å². The number of nitrogens with two attached hydrogens (primary N) is 1. The van der Waals surface area contributed by atoms with E-state index in [0.29, 0.717) is 12.4 Å². The highest BCUT2D eigenvalue weighted by Gasteiger charge is 2.18. The molecule has 2 aromatic rings. The van der Waals surface area contributed by atoms with Crippen LogP contribution < -0.4 is 5.73 Å². The second-order valence-electron chi connectivity index (χ2n) is 4.57. The Labute approximate surface area is 113 Å². The third kappa shape index (κ3) is 2.22. The highest BCUT2D eigenvalue weighted by molar-refractivity contribution is 5.72. The molecule has 0 aliphatic heterocycles. The van der Waals surface area contributed by atoms with Crippen LogP contribution in [0.25, 0.3) is 11.3 Å². The zero-order valence-corrected chi connectivity index (χ0v) is 11.6. The number of rotatable bonds is 4. The summed E-state index contributed by atoms with van der Waals surface area (Å²) in [5.74, 6) is 4.19. The smallest absolute Gasteiger partial charge is 0.132 e. The van der Waals surface area contributed by atoms with Crippen molar-refractivity contribution in [2.45, 2.75) is 33.2 Å². The van der Waals surface area contributed by atoms with Crippen LogP contribution >= 0.6 is 0 Å². The van der Waals surface area contributed by atoms with E-state index in [4.69, 9.17) is 12.2 Å². The first kappa shape index (κ1) is 13.2. The van der Waals surface area contributed by atoms with Crippen molar-refractivity contribution >= 4 is 5.82 Å². The summed E-state index contributed by atoms with van der Waals surface area (Å²) in [6.07, 6.45) is 9.07. The lowest BCUT2D eigenvalue weighted by atomic mass is 10.2. The molecule has 0 aliphatic carbocycles. The fourth-order valence-electron chi connectivity index (χ4n) is 2.13. The lowest BCUT2D eigenvalue weighted by Gasteiger charge is -2.04. The zero-order valence-electron chi connectivity index (χ0n) is 11.6. The molecule has 0 radical (unpaired) electrons. The van der Waals surface area contributed by atoms with Crippen LogP contribution in [0.5, 0.6) is 0 Å². The fourth-order valence-corrected chi connectivity index (χ4v) is 2.13. The highest BCUT2D eigenvalue weighted by atomic mass is 15.3. The van der Waals surface area contributed by atoms with Gasteiger partial charge in [-0.15, -0.1) is 6.42 Å². The summed E-state index contributed by atoms with van der Waals surface area (Å²) >= 11 is 0. The molecule has 0 unspecified atom stereocenters. The van der Waals surface area contributed by atoms with Gasteiger partial charge in [0.05, 0.1) is 12.7 Å². The van der Waals surface area contributed by atoms with Gasteiger partial charge in [-0.1, -0.05) is 12.8 Å². The molecule has 2 rings (SSSR count). The van der Waals surface area contributed by atoms with Gasteiger partial charge in [0.25, 0.3) is 0 Å². The maximum atomic E-state index is 6.20. The van der Waals surface area contributed by atoms with Gasteiger partial charge in [0, 0.05) is 24.7 Å². The van der Waals surface area contributed by atoms with E-state index in [-0.39, 0.29) is 0 Å². The molecular formula is C14H19N5. The Morgan fingerprint density at radius 2 is 2.21 bits per heavy atom. The Kier molecular flexibility index (Phi) is 3.61. The molecule has 2 heterocycles. The summed E-state index contributed by atoms with van der Waals surface area (Å²) in [6.45, 7) is 4.56. The largest absolute Gasteiger partial charge is 0.383 e. The number of nitrogen functional groups attached to an aromatic ring is 1. The number of imidazole rings is 1. The molecule has 0 amide bonds. The minimum absolute atomic E-state index is 0.452. The van der Waals surface area contributed by atoms with E-state index in [1.54, 1.807) is 6.20 Å². The van der Waals surface area contributed by atoms with Gasteiger partial charge < -0.3 is 10.3 Å². The Morgan fingerprint density at radius 3 is 2.74 bits per heavy atom. The first-order valence-corrected chi connectivity index (χ1v) is 6.37. The topological polar surface area (TPSA) is 61.7 Å². The molecule has 0 aromatic carbocycles. The van der Waals surface area contributed by atoms with Gasteiger partial charge in [0.1, 0.15) is 17.3 Å². The van der Waals surface area contributed by atoms with Crippen molar-refractivity contribution in [1.29, 1.82) is 0 Å². The number of aryl methyl sites for hydroxylation is 2. The monoisotopic (exact) mass is 257 g/mol. The molecular weight excluding hydrogens is 238 g/mol. The van der Waals surface area contributed by atoms with Crippen molar-refractivity contribution in [3.63, 3.8) is 0 Å². The average molecular weight is 257 g/mol. The lowest BCUT2D eigenvalue weighted by molar-refractivity contribution is 0.733. The van der Waals surface area contributed by atoms with Crippen LogP contribution in [0.4, 0.5) is 5.82 Å². The number of terminal acetylenes is 1. The van der Waals surface area contributed by atoms with E-state index in [1.807, 2.05) is 23.2 Å². The maximum absolute atomic E-state index is 6.20. The number of nitrogens with zero attached hydrogens (tertiary/aromatic N) is 4. The fraction of sp³-hybridized carbons (Fsp3) is 0.429.